The molecular weight excluding hydrogens is 337 g/mol. The Bertz CT molecular complexity index is 409. The molecule has 1 aliphatic carbocycles. The lowest BCUT2D eigenvalue weighted by Gasteiger charge is -2.15. The molecule has 94 valence electrons. The van der Waals surface area contributed by atoms with Gasteiger partial charge in [-0.15, -0.1) is 5.10 Å². The van der Waals surface area contributed by atoms with E-state index in [9.17, 15) is 9.90 Å². The standard InChI is InChI=1S/C10H14IN3O3/c1-17-10(16)9-4-12-13-14(9)8-3-6(5-15)2-7(8)11/h4,6-8,15H,2-3,5H2,1H3/t6-,7-,8-/m1/s1. The first kappa shape index (κ1) is 12.7. The molecule has 6 nitrogen and oxygen atoms in total. The molecule has 17 heavy (non-hydrogen) atoms. The number of halogens is 1. The molecule has 1 N–H and O–H groups in total. The number of hydrogen-bond acceptors (Lipinski definition) is 5. The van der Waals surface area contributed by atoms with Crippen LogP contribution in [0.15, 0.2) is 6.20 Å². The summed E-state index contributed by atoms with van der Waals surface area (Å²) in [6.07, 6.45) is 3.17. The van der Waals surface area contributed by atoms with Crippen LogP contribution in [0.4, 0.5) is 0 Å². The van der Waals surface area contributed by atoms with Gasteiger partial charge in [0, 0.05) is 10.5 Å². The van der Waals surface area contributed by atoms with Gasteiger partial charge in [0.15, 0.2) is 5.69 Å². The van der Waals surface area contributed by atoms with E-state index in [4.69, 9.17) is 4.74 Å². The molecule has 0 spiro atoms. The van der Waals surface area contributed by atoms with Gasteiger partial charge in [-0.3, -0.25) is 0 Å². The Morgan fingerprint density at radius 3 is 3.06 bits per heavy atom. The van der Waals surface area contributed by atoms with Gasteiger partial charge in [-0.1, -0.05) is 27.8 Å². The van der Waals surface area contributed by atoms with E-state index in [0.29, 0.717) is 9.62 Å². The first-order chi connectivity index (χ1) is 8.17. The van der Waals surface area contributed by atoms with Gasteiger partial charge in [0.05, 0.1) is 19.3 Å². The van der Waals surface area contributed by atoms with Crippen molar-refractivity contribution in [3.05, 3.63) is 11.9 Å². The van der Waals surface area contributed by atoms with Crippen LogP contribution in [0.3, 0.4) is 0 Å². The van der Waals surface area contributed by atoms with Crippen molar-refractivity contribution in [1.82, 2.24) is 15.0 Å². The highest BCUT2D eigenvalue weighted by Crippen LogP contribution is 2.39. The second kappa shape index (κ2) is 5.30. The van der Waals surface area contributed by atoms with E-state index in [1.54, 1.807) is 4.68 Å². The minimum Gasteiger partial charge on any atom is -0.464 e. The molecule has 0 bridgehead atoms. The lowest BCUT2D eigenvalue weighted by Crippen LogP contribution is -2.20. The number of aliphatic hydroxyl groups excluding tert-OH is 1. The third-order valence-corrected chi connectivity index (χ3v) is 4.43. The molecule has 7 heteroatoms. The van der Waals surface area contributed by atoms with Crippen LogP contribution in [0, 0.1) is 5.92 Å². The van der Waals surface area contributed by atoms with E-state index in [2.05, 4.69) is 32.9 Å². The van der Waals surface area contributed by atoms with Crippen molar-refractivity contribution in [3.8, 4) is 0 Å². The number of alkyl halides is 1. The Hall–Kier alpha value is -0.700. The minimum absolute atomic E-state index is 0.101. The summed E-state index contributed by atoms with van der Waals surface area (Å²) in [4.78, 5) is 11.5. The molecule has 0 saturated heterocycles. The number of ether oxygens (including phenoxy) is 1. The normalized spacial score (nSPS) is 28.3. The number of rotatable bonds is 3. The summed E-state index contributed by atoms with van der Waals surface area (Å²) in [7, 11) is 1.34. The maximum atomic E-state index is 11.5. The molecule has 1 fully saturated rings. The van der Waals surface area contributed by atoms with Crippen LogP contribution in [0.1, 0.15) is 29.4 Å². The Morgan fingerprint density at radius 2 is 2.47 bits per heavy atom. The number of nitrogens with zero attached hydrogens (tertiary/aromatic N) is 3. The molecule has 0 aromatic carbocycles. The molecular formula is C10H14IN3O3. The fraction of sp³-hybridized carbons (Fsp3) is 0.700. The largest absolute Gasteiger partial charge is 0.464 e. The molecule has 1 heterocycles. The zero-order chi connectivity index (χ0) is 12.4. The van der Waals surface area contributed by atoms with Crippen LogP contribution in [-0.2, 0) is 4.74 Å². The second-order valence-electron chi connectivity index (χ2n) is 4.16. The third kappa shape index (κ3) is 2.44. The quantitative estimate of drug-likeness (QED) is 0.496. The third-order valence-electron chi connectivity index (χ3n) is 3.09. The van der Waals surface area contributed by atoms with E-state index in [1.807, 2.05) is 0 Å². The van der Waals surface area contributed by atoms with Gasteiger partial charge in [-0.2, -0.15) is 0 Å². The molecule has 1 aromatic heterocycles. The highest BCUT2D eigenvalue weighted by molar-refractivity contribution is 14.1. The average Bonchev–Trinajstić information content (AvgIpc) is 2.93. The zero-order valence-electron chi connectivity index (χ0n) is 9.41. The van der Waals surface area contributed by atoms with E-state index in [1.165, 1.54) is 13.3 Å². The van der Waals surface area contributed by atoms with E-state index in [0.717, 1.165) is 12.8 Å². The molecule has 1 saturated carbocycles. The number of aromatic nitrogens is 3. The number of carbonyl (C=O) groups is 1. The zero-order valence-corrected chi connectivity index (χ0v) is 11.6. The number of aliphatic hydroxyl groups is 1. The Balaban J connectivity index is 2.23. The van der Waals surface area contributed by atoms with Crippen molar-refractivity contribution in [3.63, 3.8) is 0 Å². The van der Waals surface area contributed by atoms with Gasteiger partial charge < -0.3 is 9.84 Å². The molecule has 0 amide bonds. The fourth-order valence-corrected chi connectivity index (χ4v) is 3.52. The maximum Gasteiger partial charge on any atom is 0.358 e. The lowest BCUT2D eigenvalue weighted by atomic mass is 10.1. The summed E-state index contributed by atoms with van der Waals surface area (Å²) < 4.78 is 6.66. The van der Waals surface area contributed by atoms with Crippen molar-refractivity contribution in [2.24, 2.45) is 5.92 Å². The number of esters is 1. The van der Waals surface area contributed by atoms with E-state index >= 15 is 0 Å². The lowest BCUT2D eigenvalue weighted by molar-refractivity contribution is 0.0583. The van der Waals surface area contributed by atoms with E-state index < -0.39 is 5.97 Å². The highest BCUT2D eigenvalue weighted by Gasteiger charge is 2.36. The fourth-order valence-electron chi connectivity index (χ4n) is 2.20. The molecule has 2 rings (SSSR count). The van der Waals surface area contributed by atoms with Gasteiger partial charge in [0.2, 0.25) is 0 Å². The number of carbonyl (C=O) groups excluding carboxylic acids is 1. The highest BCUT2D eigenvalue weighted by atomic mass is 127. The Kier molecular flexibility index (Phi) is 3.97. The average molecular weight is 351 g/mol. The molecule has 0 radical (unpaired) electrons. The van der Waals surface area contributed by atoms with Crippen molar-refractivity contribution < 1.29 is 14.6 Å². The number of methoxy groups -OCH3 is 1. The molecule has 0 unspecified atom stereocenters. The smallest absolute Gasteiger partial charge is 0.358 e. The van der Waals surface area contributed by atoms with Gasteiger partial charge in [0.1, 0.15) is 0 Å². The van der Waals surface area contributed by atoms with Crippen molar-refractivity contribution in [2.75, 3.05) is 13.7 Å². The van der Waals surface area contributed by atoms with Gasteiger partial charge >= 0.3 is 5.97 Å². The predicted octanol–water partition coefficient (Wildman–Crippen LogP) is 0.812. The SMILES string of the molecule is COC(=O)c1cnnn1[C@@H]1C[C@H](CO)C[C@H]1I. The summed E-state index contributed by atoms with van der Waals surface area (Å²) >= 11 is 2.33. The second-order valence-corrected chi connectivity index (χ2v) is 5.76. The molecule has 3 atom stereocenters. The van der Waals surface area contributed by atoms with Crippen LogP contribution < -0.4 is 0 Å². The van der Waals surface area contributed by atoms with Crippen LogP contribution in [0.25, 0.3) is 0 Å². The predicted molar refractivity (Wildman–Crippen MR) is 68.0 cm³/mol. The molecule has 1 aromatic rings. The summed E-state index contributed by atoms with van der Waals surface area (Å²) in [5.74, 6) is -0.150. The first-order valence-corrected chi connectivity index (χ1v) is 6.65. The molecule has 1 aliphatic rings. The maximum absolute atomic E-state index is 11.5. The van der Waals surface area contributed by atoms with Crippen LogP contribution in [0.5, 0.6) is 0 Å². The van der Waals surface area contributed by atoms with Crippen molar-refractivity contribution in [1.29, 1.82) is 0 Å². The Morgan fingerprint density at radius 1 is 1.71 bits per heavy atom. The summed E-state index contributed by atoms with van der Waals surface area (Å²) in [6, 6.07) is 0.101. The summed E-state index contributed by atoms with van der Waals surface area (Å²) in [5, 5.41) is 16.9. The summed E-state index contributed by atoms with van der Waals surface area (Å²) in [5.41, 5.74) is 0.373. The first-order valence-electron chi connectivity index (χ1n) is 5.40. The van der Waals surface area contributed by atoms with Gasteiger partial charge in [0.25, 0.3) is 0 Å². The van der Waals surface area contributed by atoms with E-state index in [-0.39, 0.29) is 18.6 Å². The van der Waals surface area contributed by atoms with Crippen molar-refractivity contribution in [2.45, 2.75) is 22.8 Å². The summed E-state index contributed by atoms with van der Waals surface area (Å²) in [6.45, 7) is 0.179. The minimum atomic E-state index is -0.425. The Labute approximate surface area is 112 Å². The number of hydrogen-bond donors (Lipinski definition) is 1. The topological polar surface area (TPSA) is 77.2 Å². The monoisotopic (exact) mass is 351 g/mol. The van der Waals surface area contributed by atoms with Crippen LogP contribution in [-0.4, -0.2) is 43.7 Å². The molecule has 0 aliphatic heterocycles. The van der Waals surface area contributed by atoms with Crippen molar-refractivity contribution >= 4 is 28.6 Å². The van der Waals surface area contributed by atoms with Crippen LogP contribution >= 0.6 is 22.6 Å². The van der Waals surface area contributed by atoms with Gasteiger partial charge in [-0.05, 0) is 18.8 Å². The van der Waals surface area contributed by atoms with Gasteiger partial charge in [-0.25, -0.2) is 9.48 Å². The van der Waals surface area contributed by atoms with Crippen LogP contribution in [0.2, 0.25) is 0 Å².